The molecule has 5 heteroatoms. The van der Waals surface area contributed by atoms with Gasteiger partial charge in [0, 0.05) is 34.9 Å². The van der Waals surface area contributed by atoms with Gasteiger partial charge in [0.2, 0.25) is 5.91 Å². The summed E-state index contributed by atoms with van der Waals surface area (Å²) in [6.07, 6.45) is 0.724. The molecule has 0 aromatic heterocycles. The van der Waals surface area contributed by atoms with E-state index in [1.807, 2.05) is 4.90 Å². The van der Waals surface area contributed by atoms with Gasteiger partial charge in [0.05, 0.1) is 6.54 Å². The van der Waals surface area contributed by atoms with Gasteiger partial charge in [-0.05, 0) is 13.0 Å². The second-order valence-electron chi connectivity index (χ2n) is 3.92. The van der Waals surface area contributed by atoms with Gasteiger partial charge < -0.3 is 14.4 Å². The highest BCUT2D eigenvalue weighted by Crippen LogP contribution is 1.99. The standard InChI is InChI=1S/C11H24N2O3/c1-6-7-13(8-10(14)12(2)3)9-11(15-4)16-5/h11H,6-9H2,1-5H3. The summed E-state index contributed by atoms with van der Waals surface area (Å²) >= 11 is 0. The Morgan fingerprint density at radius 3 is 2.19 bits per heavy atom. The summed E-state index contributed by atoms with van der Waals surface area (Å²) in [5, 5.41) is 0. The van der Waals surface area contributed by atoms with Gasteiger partial charge in [-0.2, -0.15) is 0 Å². The number of carbonyl (C=O) groups excluding carboxylic acids is 1. The molecule has 0 atom stereocenters. The molecule has 0 saturated heterocycles. The third-order valence-corrected chi connectivity index (χ3v) is 2.33. The van der Waals surface area contributed by atoms with Gasteiger partial charge in [-0.25, -0.2) is 0 Å². The number of hydrogen-bond donors (Lipinski definition) is 0. The van der Waals surface area contributed by atoms with E-state index in [1.165, 1.54) is 0 Å². The van der Waals surface area contributed by atoms with E-state index in [4.69, 9.17) is 9.47 Å². The van der Waals surface area contributed by atoms with E-state index < -0.39 is 0 Å². The van der Waals surface area contributed by atoms with Crippen molar-refractivity contribution in [1.29, 1.82) is 0 Å². The lowest BCUT2D eigenvalue weighted by Gasteiger charge is -2.26. The zero-order valence-corrected chi connectivity index (χ0v) is 11.0. The SMILES string of the molecule is CCCN(CC(=O)N(C)C)CC(OC)OC. The van der Waals surface area contributed by atoms with E-state index in [0.717, 1.165) is 13.0 Å². The Hall–Kier alpha value is -0.650. The largest absolute Gasteiger partial charge is 0.355 e. The van der Waals surface area contributed by atoms with E-state index in [0.29, 0.717) is 13.1 Å². The first-order valence-electron chi connectivity index (χ1n) is 5.53. The van der Waals surface area contributed by atoms with Crippen LogP contribution in [0.15, 0.2) is 0 Å². The zero-order valence-electron chi connectivity index (χ0n) is 11.0. The quantitative estimate of drug-likeness (QED) is 0.568. The van der Waals surface area contributed by atoms with Crippen LogP contribution in [0.2, 0.25) is 0 Å². The maximum atomic E-state index is 11.6. The van der Waals surface area contributed by atoms with Crippen LogP contribution in [-0.4, -0.2) is 69.9 Å². The molecule has 0 aliphatic heterocycles. The van der Waals surface area contributed by atoms with Crippen molar-refractivity contribution in [2.45, 2.75) is 19.6 Å². The van der Waals surface area contributed by atoms with Gasteiger partial charge in [0.1, 0.15) is 0 Å². The Morgan fingerprint density at radius 2 is 1.81 bits per heavy atom. The van der Waals surface area contributed by atoms with Gasteiger partial charge in [-0.15, -0.1) is 0 Å². The molecule has 96 valence electrons. The Bertz CT molecular complexity index is 194. The smallest absolute Gasteiger partial charge is 0.236 e. The van der Waals surface area contributed by atoms with Crippen LogP contribution < -0.4 is 0 Å². The zero-order chi connectivity index (χ0) is 12.6. The van der Waals surface area contributed by atoms with E-state index in [2.05, 4.69) is 6.92 Å². The normalized spacial score (nSPS) is 11.2. The molecule has 1 amide bonds. The van der Waals surface area contributed by atoms with Crippen LogP contribution >= 0.6 is 0 Å². The average Bonchev–Trinajstić information content (AvgIpc) is 2.25. The lowest BCUT2D eigenvalue weighted by molar-refractivity contribution is -0.135. The molecule has 0 saturated carbocycles. The van der Waals surface area contributed by atoms with Crippen LogP contribution in [0.4, 0.5) is 0 Å². The summed E-state index contributed by atoms with van der Waals surface area (Å²) in [6, 6.07) is 0. The van der Waals surface area contributed by atoms with E-state index >= 15 is 0 Å². The fraction of sp³-hybridized carbons (Fsp3) is 0.909. The summed E-state index contributed by atoms with van der Waals surface area (Å²) in [7, 11) is 6.73. The lowest BCUT2D eigenvalue weighted by atomic mass is 10.3. The molecule has 0 bridgehead atoms. The number of carbonyl (C=O) groups is 1. The Labute approximate surface area is 98.3 Å². The molecule has 0 N–H and O–H groups in total. The van der Waals surface area contributed by atoms with Crippen LogP contribution in [0.1, 0.15) is 13.3 Å². The van der Waals surface area contributed by atoms with Crippen molar-refractivity contribution >= 4 is 5.91 Å². The van der Waals surface area contributed by atoms with Crippen LogP contribution in [0, 0.1) is 0 Å². The molecule has 0 heterocycles. The number of nitrogens with zero attached hydrogens (tertiary/aromatic N) is 2. The van der Waals surface area contributed by atoms with E-state index in [-0.39, 0.29) is 12.2 Å². The van der Waals surface area contributed by atoms with Gasteiger partial charge >= 0.3 is 0 Å². The Kier molecular flexibility index (Phi) is 8.15. The maximum Gasteiger partial charge on any atom is 0.236 e. The molecule has 0 aromatic rings. The number of methoxy groups -OCH3 is 2. The molecular weight excluding hydrogens is 208 g/mol. The summed E-state index contributed by atoms with van der Waals surface area (Å²) < 4.78 is 10.3. The van der Waals surface area contributed by atoms with Gasteiger partial charge in [-0.3, -0.25) is 9.69 Å². The number of likely N-dealkylation sites (N-methyl/N-ethyl adjacent to an activating group) is 1. The summed E-state index contributed by atoms with van der Waals surface area (Å²) in [5.74, 6) is 0.0967. The first-order chi connectivity index (χ1) is 7.54. The molecule has 16 heavy (non-hydrogen) atoms. The second-order valence-corrected chi connectivity index (χ2v) is 3.92. The van der Waals surface area contributed by atoms with Crippen LogP contribution in [0.25, 0.3) is 0 Å². The number of rotatable bonds is 8. The Balaban J connectivity index is 4.20. The summed E-state index contributed by atoms with van der Waals surface area (Å²) in [4.78, 5) is 15.2. The number of amides is 1. The van der Waals surface area contributed by atoms with Gasteiger partial charge in [0.15, 0.2) is 6.29 Å². The average molecular weight is 232 g/mol. The third kappa shape index (κ3) is 6.05. The highest BCUT2D eigenvalue weighted by molar-refractivity contribution is 5.77. The molecule has 0 radical (unpaired) electrons. The minimum absolute atomic E-state index is 0.0967. The van der Waals surface area contributed by atoms with Crippen LogP contribution in [-0.2, 0) is 14.3 Å². The van der Waals surface area contributed by atoms with Crippen molar-refractivity contribution in [1.82, 2.24) is 9.80 Å². The third-order valence-electron chi connectivity index (χ3n) is 2.33. The van der Waals surface area contributed by atoms with Crippen molar-refractivity contribution in [3.63, 3.8) is 0 Å². The second kappa shape index (κ2) is 8.50. The van der Waals surface area contributed by atoms with Gasteiger partial charge in [0.25, 0.3) is 0 Å². The topological polar surface area (TPSA) is 42.0 Å². The van der Waals surface area contributed by atoms with Crippen molar-refractivity contribution < 1.29 is 14.3 Å². The van der Waals surface area contributed by atoms with Crippen molar-refractivity contribution in [3.05, 3.63) is 0 Å². The molecule has 0 unspecified atom stereocenters. The first kappa shape index (κ1) is 15.3. The molecule has 0 aliphatic carbocycles. The molecule has 0 fully saturated rings. The highest BCUT2D eigenvalue weighted by Gasteiger charge is 2.16. The predicted octanol–water partition coefficient (Wildman–Crippen LogP) is 0.406. The van der Waals surface area contributed by atoms with Gasteiger partial charge in [-0.1, -0.05) is 6.92 Å². The molecule has 0 aliphatic rings. The minimum Gasteiger partial charge on any atom is -0.355 e. The lowest BCUT2D eigenvalue weighted by Crippen LogP contribution is -2.41. The summed E-state index contributed by atoms with van der Waals surface area (Å²) in [6.45, 7) is 3.97. The fourth-order valence-electron chi connectivity index (χ4n) is 1.34. The van der Waals surface area contributed by atoms with Crippen molar-refractivity contribution in [3.8, 4) is 0 Å². The number of hydrogen-bond acceptors (Lipinski definition) is 4. The fourth-order valence-corrected chi connectivity index (χ4v) is 1.34. The monoisotopic (exact) mass is 232 g/mol. The van der Waals surface area contributed by atoms with Crippen molar-refractivity contribution in [2.24, 2.45) is 0 Å². The van der Waals surface area contributed by atoms with E-state index in [9.17, 15) is 4.79 Å². The number of ether oxygens (including phenoxy) is 2. The molecule has 0 spiro atoms. The molecule has 0 aromatic carbocycles. The first-order valence-corrected chi connectivity index (χ1v) is 5.53. The van der Waals surface area contributed by atoms with Crippen molar-refractivity contribution in [2.75, 3.05) is 47.9 Å². The molecule has 5 nitrogen and oxygen atoms in total. The van der Waals surface area contributed by atoms with Crippen LogP contribution in [0.3, 0.4) is 0 Å². The maximum absolute atomic E-state index is 11.6. The predicted molar refractivity (Wildman–Crippen MR) is 63.2 cm³/mol. The molecule has 0 rings (SSSR count). The van der Waals surface area contributed by atoms with Crippen LogP contribution in [0.5, 0.6) is 0 Å². The van der Waals surface area contributed by atoms with E-state index in [1.54, 1.807) is 33.2 Å². The highest BCUT2D eigenvalue weighted by atomic mass is 16.7. The summed E-state index contributed by atoms with van der Waals surface area (Å²) in [5.41, 5.74) is 0. The Morgan fingerprint density at radius 1 is 1.25 bits per heavy atom. The minimum atomic E-state index is -0.276. The molecular formula is C11H24N2O3.